The molecule has 0 unspecified atom stereocenters. The average Bonchev–Trinajstić information content (AvgIpc) is 2.37. The Morgan fingerprint density at radius 1 is 1.35 bits per heavy atom. The van der Waals surface area contributed by atoms with E-state index in [4.69, 9.17) is 5.73 Å². The molecule has 0 saturated carbocycles. The molecule has 20 heavy (non-hydrogen) atoms. The van der Waals surface area contributed by atoms with Gasteiger partial charge in [-0.15, -0.1) is 0 Å². The van der Waals surface area contributed by atoms with E-state index < -0.39 is 20.7 Å². The first-order chi connectivity index (χ1) is 9.40. The predicted octanol–water partition coefficient (Wildman–Crippen LogP) is 1.59. The predicted molar refractivity (Wildman–Crippen MR) is 73.8 cm³/mol. The maximum Gasteiger partial charge on any atom is 0.243 e. The number of aryl methyl sites for hydroxylation is 1. The molecule has 0 amide bonds. The number of hydrogen-bond donors (Lipinski definition) is 2. The van der Waals surface area contributed by atoms with Crippen molar-refractivity contribution in [2.75, 3.05) is 5.73 Å². The number of nitrogens with zero attached hydrogens (tertiary/aromatic N) is 1. The minimum atomic E-state index is -3.93. The molecular weight excluding hydrogens is 281 g/mol. The van der Waals surface area contributed by atoms with Crippen molar-refractivity contribution in [2.24, 2.45) is 0 Å². The molecule has 106 valence electrons. The smallest absolute Gasteiger partial charge is 0.243 e. The van der Waals surface area contributed by atoms with Gasteiger partial charge >= 0.3 is 0 Å². The van der Waals surface area contributed by atoms with Crippen LogP contribution in [0.1, 0.15) is 11.1 Å². The lowest BCUT2D eigenvalue weighted by atomic mass is 10.2. The molecule has 0 aliphatic heterocycles. The molecule has 0 aliphatic carbocycles. The number of nitrogens with one attached hydrogen (secondary N) is 1. The third kappa shape index (κ3) is 3.12. The standard InChI is InChI=1S/C13H14FN3O2S/c1-9-4-5-16-7-10(9)8-17-20(18,19)13-3-2-11(15)6-12(13)14/h2-7,17H,8,15H2,1H3. The number of benzene rings is 1. The highest BCUT2D eigenvalue weighted by Crippen LogP contribution is 2.17. The zero-order chi connectivity index (χ0) is 14.8. The van der Waals surface area contributed by atoms with Crippen molar-refractivity contribution in [2.45, 2.75) is 18.4 Å². The van der Waals surface area contributed by atoms with Crippen molar-refractivity contribution in [3.8, 4) is 0 Å². The van der Waals surface area contributed by atoms with Crippen LogP contribution in [-0.2, 0) is 16.6 Å². The number of anilines is 1. The third-order valence-corrected chi connectivity index (χ3v) is 4.28. The van der Waals surface area contributed by atoms with Gasteiger partial charge in [0.15, 0.2) is 0 Å². The van der Waals surface area contributed by atoms with E-state index in [-0.39, 0.29) is 12.2 Å². The second kappa shape index (κ2) is 5.56. The summed E-state index contributed by atoms with van der Waals surface area (Å²) in [4.78, 5) is 3.50. The molecule has 2 rings (SSSR count). The van der Waals surface area contributed by atoms with Crippen molar-refractivity contribution in [1.29, 1.82) is 0 Å². The third-order valence-electron chi connectivity index (χ3n) is 2.85. The van der Waals surface area contributed by atoms with Crippen molar-refractivity contribution < 1.29 is 12.8 Å². The molecule has 7 heteroatoms. The fourth-order valence-electron chi connectivity index (χ4n) is 1.67. The van der Waals surface area contributed by atoms with Gasteiger partial charge in [-0.1, -0.05) is 0 Å². The quantitative estimate of drug-likeness (QED) is 0.839. The largest absolute Gasteiger partial charge is 0.399 e. The molecule has 0 spiro atoms. The molecule has 0 fully saturated rings. The highest BCUT2D eigenvalue weighted by molar-refractivity contribution is 7.89. The van der Waals surface area contributed by atoms with E-state index in [1.165, 1.54) is 6.07 Å². The second-order valence-corrected chi connectivity index (χ2v) is 6.05. The molecule has 0 atom stereocenters. The summed E-state index contributed by atoms with van der Waals surface area (Å²) in [6, 6.07) is 5.23. The summed E-state index contributed by atoms with van der Waals surface area (Å²) in [7, 11) is -3.93. The number of aromatic nitrogens is 1. The van der Waals surface area contributed by atoms with Gasteiger partial charge < -0.3 is 5.73 Å². The van der Waals surface area contributed by atoms with Gasteiger partial charge in [-0.3, -0.25) is 4.98 Å². The van der Waals surface area contributed by atoms with Crippen LogP contribution in [0.2, 0.25) is 0 Å². The molecular formula is C13H14FN3O2S. The summed E-state index contributed by atoms with van der Waals surface area (Å²) in [5.41, 5.74) is 7.19. The summed E-state index contributed by atoms with van der Waals surface area (Å²) in [5.74, 6) is -0.875. The fourth-order valence-corrected chi connectivity index (χ4v) is 2.73. The number of rotatable bonds is 4. The number of hydrogen-bond acceptors (Lipinski definition) is 4. The monoisotopic (exact) mass is 295 g/mol. The van der Waals surface area contributed by atoms with Gasteiger partial charge in [0.25, 0.3) is 0 Å². The maximum absolute atomic E-state index is 13.6. The Bertz CT molecular complexity index is 732. The fraction of sp³-hybridized carbons (Fsp3) is 0.154. The maximum atomic E-state index is 13.6. The molecule has 0 radical (unpaired) electrons. The summed E-state index contributed by atoms with van der Waals surface area (Å²) in [5, 5.41) is 0. The van der Waals surface area contributed by atoms with E-state index in [1.54, 1.807) is 18.5 Å². The number of pyridine rings is 1. The highest BCUT2D eigenvalue weighted by Gasteiger charge is 2.19. The molecule has 0 saturated heterocycles. The van der Waals surface area contributed by atoms with Crippen molar-refractivity contribution in [3.63, 3.8) is 0 Å². The van der Waals surface area contributed by atoms with Gasteiger partial charge in [-0.25, -0.2) is 17.5 Å². The second-order valence-electron chi connectivity index (χ2n) is 4.32. The molecule has 2 aromatic rings. The van der Waals surface area contributed by atoms with Crippen LogP contribution in [-0.4, -0.2) is 13.4 Å². The van der Waals surface area contributed by atoms with E-state index in [2.05, 4.69) is 9.71 Å². The van der Waals surface area contributed by atoms with E-state index in [0.717, 1.165) is 23.3 Å². The van der Waals surface area contributed by atoms with Gasteiger partial charge in [0.1, 0.15) is 10.7 Å². The number of sulfonamides is 1. The molecule has 3 N–H and O–H groups in total. The molecule has 1 heterocycles. The van der Waals surface area contributed by atoms with Crippen molar-refractivity contribution >= 4 is 15.7 Å². The molecule has 0 aliphatic rings. The van der Waals surface area contributed by atoms with Gasteiger partial charge in [-0.05, 0) is 42.3 Å². The topological polar surface area (TPSA) is 85.1 Å². The number of nitrogens with two attached hydrogens (primary N) is 1. The molecule has 0 bridgehead atoms. The number of halogens is 1. The lowest BCUT2D eigenvalue weighted by Crippen LogP contribution is -2.24. The Morgan fingerprint density at radius 3 is 2.75 bits per heavy atom. The number of nitrogen functional groups attached to an aromatic ring is 1. The average molecular weight is 295 g/mol. The van der Waals surface area contributed by atoms with Crippen molar-refractivity contribution in [3.05, 3.63) is 53.6 Å². The van der Waals surface area contributed by atoms with E-state index >= 15 is 0 Å². The Kier molecular flexibility index (Phi) is 4.01. The van der Waals surface area contributed by atoms with Crippen LogP contribution in [0.25, 0.3) is 0 Å². The van der Waals surface area contributed by atoms with Crippen LogP contribution in [0.5, 0.6) is 0 Å². The zero-order valence-electron chi connectivity index (χ0n) is 10.8. The van der Waals surface area contributed by atoms with Crippen molar-refractivity contribution in [1.82, 2.24) is 9.71 Å². The van der Waals surface area contributed by atoms with Gasteiger partial charge in [0, 0.05) is 24.6 Å². The van der Waals surface area contributed by atoms with Crippen LogP contribution < -0.4 is 10.5 Å². The first kappa shape index (κ1) is 14.4. The molecule has 5 nitrogen and oxygen atoms in total. The van der Waals surface area contributed by atoms with Gasteiger partial charge in [0.05, 0.1) is 0 Å². The van der Waals surface area contributed by atoms with E-state index in [1.807, 2.05) is 6.92 Å². The van der Waals surface area contributed by atoms with Crippen LogP contribution >= 0.6 is 0 Å². The lowest BCUT2D eigenvalue weighted by molar-refractivity contribution is 0.557. The first-order valence-corrected chi connectivity index (χ1v) is 7.32. The van der Waals surface area contributed by atoms with Crippen LogP contribution in [0.3, 0.4) is 0 Å². The lowest BCUT2D eigenvalue weighted by Gasteiger charge is -2.09. The van der Waals surface area contributed by atoms with Crippen LogP contribution in [0, 0.1) is 12.7 Å². The Morgan fingerprint density at radius 2 is 2.10 bits per heavy atom. The first-order valence-electron chi connectivity index (χ1n) is 5.84. The Hall–Kier alpha value is -1.99. The summed E-state index contributed by atoms with van der Waals surface area (Å²) >= 11 is 0. The minimum Gasteiger partial charge on any atom is -0.399 e. The SMILES string of the molecule is Cc1ccncc1CNS(=O)(=O)c1ccc(N)cc1F. The normalized spacial score (nSPS) is 11.5. The molecule has 1 aromatic carbocycles. The van der Waals surface area contributed by atoms with E-state index in [9.17, 15) is 12.8 Å². The summed E-state index contributed by atoms with van der Waals surface area (Å²) in [6.07, 6.45) is 3.18. The highest BCUT2D eigenvalue weighted by atomic mass is 32.2. The van der Waals surface area contributed by atoms with E-state index in [0.29, 0.717) is 0 Å². The summed E-state index contributed by atoms with van der Waals surface area (Å²) in [6.45, 7) is 1.89. The van der Waals surface area contributed by atoms with Crippen LogP contribution in [0.15, 0.2) is 41.6 Å². The molecule has 1 aromatic heterocycles. The summed E-state index contributed by atoms with van der Waals surface area (Å²) < 4.78 is 40.1. The zero-order valence-corrected chi connectivity index (χ0v) is 11.6. The van der Waals surface area contributed by atoms with Gasteiger partial charge in [0.2, 0.25) is 10.0 Å². The minimum absolute atomic E-state index is 0.0474. The Balaban J connectivity index is 2.22. The van der Waals surface area contributed by atoms with Crippen LogP contribution in [0.4, 0.5) is 10.1 Å². The van der Waals surface area contributed by atoms with Gasteiger partial charge in [-0.2, -0.15) is 0 Å². The Labute approximate surface area is 116 Å².